The van der Waals surface area contributed by atoms with Crippen molar-refractivity contribution < 1.29 is 18.3 Å². The number of benzene rings is 1. The predicted octanol–water partition coefficient (Wildman–Crippen LogP) is 4.03. The molecule has 1 heterocycles. The molecule has 0 saturated carbocycles. The summed E-state index contributed by atoms with van der Waals surface area (Å²) in [4.78, 5) is 12.2. The normalized spacial score (nSPS) is 10.9. The summed E-state index contributed by atoms with van der Waals surface area (Å²) in [7, 11) is 0. The molecular formula is C15H15BrClF2N3O2. The molecule has 0 aliphatic rings. The number of aromatic nitrogens is 2. The lowest BCUT2D eigenvalue weighted by atomic mass is 10.2. The number of hydrogen-bond donors (Lipinski definition) is 1. The first-order chi connectivity index (χ1) is 11.4. The molecule has 130 valence electrons. The Morgan fingerprint density at radius 3 is 2.88 bits per heavy atom. The van der Waals surface area contributed by atoms with Gasteiger partial charge in [0.2, 0.25) is 0 Å². The van der Waals surface area contributed by atoms with Gasteiger partial charge in [-0.2, -0.15) is 13.9 Å². The molecule has 24 heavy (non-hydrogen) atoms. The topological polar surface area (TPSA) is 56.2 Å². The molecule has 0 unspecified atom stereocenters. The number of halogens is 4. The number of rotatable bonds is 7. The zero-order valence-corrected chi connectivity index (χ0v) is 15.1. The van der Waals surface area contributed by atoms with Crippen molar-refractivity contribution >= 4 is 33.4 Å². The molecule has 0 fully saturated rings. The number of nitrogens with one attached hydrogen (secondary N) is 1. The van der Waals surface area contributed by atoms with E-state index in [0.29, 0.717) is 29.0 Å². The summed E-state index contributed by atoms with van der Waals surface area (Å²) in [5.41, 5.74) is 0.784. The van der Waals surface area contributed by atoms with E-state index < -0.39 is 12.5 Å². The molecule has 0 atom stereocenters. The quantitative estimate of drug-likeness (QED) is 0.686. The van der Waals surface area contributed by atoms with Crippen molar-refractivity contribution in [2.24, 2.45) is 0 Å². The second-order valence-corrected chi connectivity index (χ2v) is 6.28. The van der Waals surface area contributed by atoms with Crippen LogP contribution in [0.15, 0.2) is 28.9 Å². The van der Waals surface area contributed by atoms with Crippen LogP contribution in [0.1, 0.15) is 22.5 Å². The second kappa shape index (κ2) is 8.43. The van der Waals surface area contributed by atoms with Crippen molar-refractivity contribution in [2.45, 2.75) is 26.5 Å². The average Bonchev–Trinajstić information content (AvgIpc) is 2.83. The summed E-state index contributed by atoms with van der Waals surface area (Å²) < 4.78 is 31.5. The first-order valence-electron chi connectivity index (χ1n) is 7.09. The molecule has 1 aromatic carbocycles. The summed E-state index contributed by atoms with van der Waals surface area (Å²) in [6.45, 7) is -0.258. The van der Waals surface area contributed by atoms with Crippen molar-refractivity contribution in [2.75, 3.05) is 6.54 Å². The van der Waals surface area contributed by atoms with Crippen LogP contribution in [-0.4, -0.2) is 28.8 Å². The predicted molar refractivity (Wildman–Crippen MR) is 89.7 cm³/mol. The molecule has 0 aliphatic heterocycles. The highest BCUT2D eigenvalue weighted by atomic mass is 79.9. The minimum absolute atomic E-state index is 0.0441. The summed E-state index contributed by atoms with van der Waals surface area (Å²) in [6, 6.07) is 4.28. The van der Waals surface area contributed by atoms with E-state index in [0.717, 1.165) is 5.69 Å². The number of alkyl halides is 2. The fourth-order valence-corrected chi connectivity index (χ4v) is 2.54. The number of nitrogens with zero attached hydrogens (tertiary/aromatic N) is 2. The molecule has 1 amide bonds. The Hall–Kier alpha value is -1.67. The Kier molecular flexibility index (Phi) is 6.56. The van der Waals surface area contributed by atoms with Crippen molar-refractivity contribution in [1.82, 2.24) is 15.1 Å². The van der Waals surface area contributed by atoms with Crippen molar-refractivity contribution in [3.63, 3.8) is 0 Å². The lowest BCUT2D eigenvalue weighted by Crippen LogP contribution is -2.26. The summed E-state index contributed by atoms with van der Waals surface area (Å²) >= 11 is 9.12. The maximum absolute atomic E-state index is 12.4. The Morgan fingerprint density at radius 2 is 2.25 bits per heavy atom. The third-order valence-corrected chi connectivity index (χ3v) is 4.00. The molecule has 1 N–H and O–H groups in total. The Labute approximate surface area is 151 Å². The number of carbonyl (C=O) groups is 1. The van der Waals surface area contributed by atoms with E-state index in [1.165, 1.54) is 18.2 Å². The number of aryl methyl sites for hydroxylation is 2. The third-order valence-electron chi connectivity index (χ3n) is 3.14. The van der Waals surface area contributed by atoms with Gasteiger partial charge < -0.3 is 10.1 Å². The maximum Gasteiger partial charge on any atom is 0.387 e. The van der Waals surface area contributed by atoms with Gasteiger partial charge in [-0.05, 0) is 31.5 Å². The van der Waals surface area contributed by atoms with Gasteiger partial charge in [0.25, 0.3) is 5.91 Å². The number of ether oxygens (including phenoxy) is 1. The fraction of sp³-hybridized carbons (Fsp3) is 0.333. The van der Waals surface area contributed by atoms with Crippen LogP contribution in [0.4, 0.5) is 8.78 Å². The fourth-order valence-electron chi connectivity index (χ4n) is 2.02. The number of amides is 1. The van der Waals surface area contributed by atoms with Gasteiger partial charge in [0, 0.05) is 23.8 Å². The molecular weight excluding hydrogens is 408 g/mol. The van der Waals surface area contributed by atoms with Crippen LogP contribution in [0, 0.1) is 6.92 Å². The van der Waals surface area contributed by atoms with Gasteiger partial charge in [-0.3, -0.25) is 9.48 Å². The lowest BCUT2D eigenvalue weighted by molar-refractivity contribution is -0.0501. The highest BCUT2D eigenvalue weighted by Gasteiger charge is 2.16. The molecule has 0 saturated heterocycles. The number of hydrogen-bond acceptors (Lipinski definition) is 3. The molecule has 1 aromatic heterocycles. The van der Waals surface area contributed by atoms with Gasteiger partial charge in [-0.15, -0.1) is 0 Å². The molecule has 0 aliphatic carbocycles. The largest absolute Gasteiger partial charge is 0.434 e. The first-order valence-corrected chi connectivity index (χ1v) is 8.26. The molecule has 2 aromatic rings. The van der Waals surface area contributed by atoms with E-state index in [4.69, 9.17) is 11.6 Å². The van der Waals surface area contributed by atoms with E-state index >= 15 is 0 Å². The Bertz CT molecular complexity index is 705. The molecule has 0 radical (unpaired) electrons. The zero-order chi connectivity index (χ0) is 17.7. The molecule has 0 spiro atoms. The van der Waals surface area contributed by atoms with Crippen LogP contribution in [0.5, 0.6) is 5.75 Å². The van der Waals surface area contributed by atoms with Crippen LogP contribution in [0.25, 0.3) is 0 Å². The minimum Gasteiger partial charge on any atom is -0.434 e. The molecule has 0 bridgehead atoms. The zero-order valence-electron chi connectivity index (χ0n) is 12.7. The summed E-state index contributed by atoms with van der Waals surface area (Å²) in [5.74, 6) is -0.651. The standard InChI is InChI=1S/C15H15BrClF2N3O2/c1-9-12(17)8-22(21-9)6-2-5-20-14(23)11-7-10(16)3-4-13(11)24-15(18)19/h3-4,7-8,15H,2,5-6H2,1H3,(H,20,23). The van der Waals surface area contributed by atoms with Crippen LogP contribution in [-0.2, 0) is 6.54 Å². The maximum atomic E-state index is 12.4. The monoisotopic (exact) mass is 421 g/mol. The van der Waals surface area contributed by atoms with E-state index in [9.17, 15) is 13.6 Å². The van der Waals surface area contributed by atoms with Gasteiger partial charge in [-0.25, -0.2) is 0 Å². The van der Waals surface area contributed by atoms with Gasteiger partial charge >= 0.3 is 6.61 Å². The average molecular weight is 423 g/mol. The third kappa shape index (κ3) is 5.17. The lowest BCUT2D eigenvalue weighted by Gasteiger charge is -2.11. The van der Waals surface area contributed by atoms with E-state index in [2.05, 4.69) is 31.1 Å². The number of carbonyl (C=O) groups excluding carboxylic acids is 1. The molecule has 2 rings (SSSR count). The van der Waals surface area contributed by atoms with Crippen LogP contribution < -0.4 is 10.1 Å². The summed E-state index contributed by atoms with van der Waals surface area (Å²) in [5, 5.41) is 7.46. The first kappa shape index (κ1) is 18.7. The second-order valence-electron chi connectivity index (χ2n) is 4.95. The van der Waals surface area contributed by atoms with E-state index in [-0.39, 0.29) is 11.3 Å². The Balaban J connectivity index is 1.91. The van der Waals surface area contributed by atoms with E-state index in [1.807, 2.05) is 0 Å². The van der Waals surface area contributed by atoms with Gasteiger partial charge in [-0.1, -0.05) is 27.5 Å². The van der Waals surface area contributed by atoms with Crippen LogP contribution >= 0.6 is 27.5 Å². The minimum atomic E-state index is -2.99. The van der Waals surface area contributed by atoms with Gasteiger partial charge in [0.05, 0.1) is 16.3 Å². The van der Waals surface area contributed by atoms with Crippen LogP contribution in [0.2, 0.25) is 5.02 Å². The highest BCUT2D eigenvalue weighted by molar-refractivity contribution is 9.10. The highest BCUT2D eigenvalue weighted by Crippen LogP contribution is 2.24. The van der Waals surface area contributed by atoms with Crippen molar-refractivity contribution in [3.8, 4) is 5.75 Å². The Morgan fingerprint density at radius 1 is 1.50 bits per heavy atom. The van der Waals surface area contributed by atoms with Crippen LogP contribution in [0.3, 0.4) is 0 Å². The van der Waals surface area contributed by atoms with Crippen molar-refractivity contribution in [1.29, 1.82) is 0 Å². The molecule has 5 nitrogen and oxygen atoms in total. The molecule has 9 heteroatoms. The van der Waals surface area contributed by atoms with Gasteiger partial charge in [0.15, 0.2) is 0 Å². The SMILES string of the molecule is Cc1nn(CCCNC(=O)c2cc(Br)ccc2OC(F)F)cc1Cl. The summed E-state index contributed by atoms with van der Waals surface area (Å²) in [6.07, 6.45) is 2.32. The van der Waals surface area contributed by atoms with Gasteiger partial charge in [0.1, 0.15) is 5.75 Å². The van der Waals surface area contributed by atoms with Crippen molar-refractivity contribution in [3.05, 3.63) is 45.1 Å². The van der Waals surface area contributed by atoms with E-state index in [1.54, 1.807) is 17.8 Å². The smallest absolute Gasteiger partial charge is 0.387 e.